The molecule has 0 saturated carbocycles. The number of carbonyl (C=O) groups is 1. The summed E-state index contributed by atoms with van der Waals surface area (Å²) in [7, 11) is 0. The smallest absolute Gasteiger partial charge is 0.339 e. The highest BCUT2D eigenvalue weighted by Crippen LogP contribution is 2.22. The Morgan fingerprint density at radius 3 is 2.95 bits per heavy atom. The summed E-state index contributed by atoms with van der Waals surface area (Å²) in [4.78, 5) is 22.6. The maximum Gasteiger partial charge on any atom is 0.339 e. The highest BCUT2D eigenvalue weighted by Gasteiger charge is 2.13. The summed E-state index contributed by atoms with van der Waals surface area (Å²) < 4.78 is 5.28. The minimum absolute atomic E-state index is 0.0180. The summed E-state index contributed by atoms with van der Waals surface area (Å²) >= 11 is 0. The molecule has 2 aromatic heterocycles. The Bertz CT molecular complexity index is 679. The molecule has 0 saturated heterocycles. The average Bonchev–Trinajstić information content (AvgIpc) is 2.38. The normalized spacial score (nSPS) is 9.68. The van der Waals surface area contributed by atoms with E-state index in [2.05, 4.69) is 15.0 Å². The molecule has 0 amide bonds. The van der Waals surface area contributed by atoms with Crippen molar-refractivity contribution < 1.29 is 14.6 Å². The highest BCUT2D eigenvalue weighted by atomic mass is 16.5. The van der Waals surface area contributed by atoms with E-state index in [0.717, 1.165) is 0 Å². The van der Waals surface area contributed by atoms with Crippen LogP contribution in [-0.4, -0.2) is 26.0 Å². The quantitative estimate of drug-likeness (QED) is 0.886. The second kappa shape index (κ2) is 5.10. The van der Waals surface area contributed by atoms with Gasteiger partial charge in [-0.25, -0.2) is 9.78 Å². The third kappa shape index (κ3) is 2.81. The molecule has 2 rings (SSSR count). The number of ether oxygens (including phenoxy) is 1. The van der Waals surface area contributed by atoms with Crippen molar-refractivity contribution in [3.63, 3.8) is 0 Å². The molecule has 0 radical (unpaired) electrons. The molecule has 7 nitrogen and oxygen atoms in total. The van der Waals surface area contributed by atoms with Crippen LogP contribution in [0.15, 0.2) is 24.5 Å². The number of carboxylic acids is 1. The molecule has 7 heteroatoms. The van der Waals surface area contributed by atoms with Crippen LogP contribution >= 0.6 is 0 Å². The Morgan fingerprint density at radius 1 is 1.47 bits per heavy atom. The van der Waals surface area contributed by atoms with Crippen LogP contribution in [0.25, 0.3) is 0 Å². The number of nitrogens with zero attached hydrogens (tertiary/aromatic N) is 4. The van der Waals surface area contributed by atoms with Gasteiger partial charge in [0.05, 0.1) is 6.20 Å². The Labute approximate surface area is 108 Å². The second-order valence-electron chi connectivity index (χ2n) is 3.57. The number of hydrogen-bond donors (Lipinski definition) is 1. The topological polar surface area (TPSA) is 109 Å². The minimum Gasteiger partial charge on any atom is -0.478 e. The number of aryl methyl sites for hydroxylation is 1. The molecule has 2 aromatic rings. The average molecular weight is 256 g/mol. The fourth-order valence-corrected chi connectivity index (χ4v) is 1.38. The number of rotatable bonds is 3. The molecule has 0 aliphatic rings. The van der Waals surface area contributed by atoms with Crippen molar-refractivity contribution in [3.05, 3.63) is 41.5 Å². The maximum atomic E-state index is 11.0. The molecule has 19 heavy (non-hydrogen) atoms. The van der Waals surface area contributed by atoms with Crippen molar-refractivity contribution in [2.45, 2.75) is 6.92 Å². The summed E-state index contributed by atoms with van der Waals surface area (Å²) in [6, 6.07) is 4.58. The van der Waals surface area contributed by atoms with Gasteiger partial charge in [-0.15, -0.1) is 0 Å². The van der Waals surface area contributed by atoms with E-state index in [-0.39, 0.29) is 23.0 Å². The Hall–Kier alpha value is -3.01. The number of carboxylic acid groups (broad SMARTS) is 1. The second-order valence-corrected chi connectivity index (χ2v) is 3.57. The van der Waals surface area contributed by atoms with Crippen LogP contribution < -0.4 is 4.74 Å². The fraction of sp³-hybridized carbons (Fsp3) is 0.0833. The predicted octanol–water partition coefficient (Wildman–Crippen LogP) is 1.54. The van der Waals surface area contributed by atoms with Gasteiger partial charge in [0.25, 0.3) is 0 Å². The lowest BCUT2D eigenvalue weighted by Crippen LogP contribution is -2.03. The Balaban J connectivity index is 2.39. The van der Waals surface area contributed by atoms with E-state index in [4.69, 9.17) is 15.1 Å². The van der Waals surface area contributed by atoms with Crippen molar-refractivity contribution in [3.8, 4) is 17.8 Å². The van der Waals surface area contributed by atoms with Crippen molar-refractivity contribution >= 4 is 5.97 Å². The first kappa shape index (κ1) is 12.4. The first-order valence-electron chi connectivity index (χ1n) is 5.21. The van der Waals surface area contributed by atoms with E-state index in [9.17, 15) is 4.79 Å². The molecule has 0 aliphatic carbocycles. The van der Waals surface area contributed by atoms with Crippen LogP contribution in [0.1, 0.15) is 21.7 Å². The molecular formula is C12H8N4O3. The number of aromatic carboxylic acids is 1. The van der Waals surface area contributed by atoms with Gasteiger partial charge in [-0.2, -0.15) is 10.2 Å². The van der Waals surface area contributed by atoms with Gasteiger partial charge in [0.15, 0.2) is 5.75 Å². The van der Waals surface area contributed by atoms with E-state index in [0.29, 0.717) is 5.69 Å². The van der Waals surface area contributed by atoms with E-state index >= 15 is 0 Å². The van der Waals surface area contributed by atoms with E-state index in [1.807, 2.05) is 6.07 Å². The summed E-state index contributed by atoms with van der Waals surface area (Å²) in [6.07, 6.45) is 2.59. The number of pyridine rings is 1. The predicted molar refractivity (Wildman–Crippen MR) is 62.8 cm³/mol. The lowest BCUT2D eigenvalue weighted by molar-refractivity contribution is 0.0694. The van der Waals surface area contributed by atoms with Gasteiger partial charge in [0.2, 0.25) is 0 Å². The summed E-state index contributed by atoms with van der Waals surface area (Å²) in [6.45, 7) is 1.68. The zero-order valence-electron chi connectivity index (χ0n) is 9.86. The molecular weight excluding hydrogens is 248 g/mol. The van der Waals surface area contributed by atoms with Crippen LogP contribution in [0.2, 0.25) is 0 Å². The molecule has 94 valence electrons. The minimum atomic E-state index is -1.15. The van der Waals surface area contributed by atoms with Gasteiger partial charge in [-0.05, 0) is 19.1 Å². The molecule has 0 fully saturated rings. The lowest BCUT2D eigenvalue weighted by Gasteiger charge is -2.06. The van der Waals surface area contributed by atoms with Gasteiger partial charge in [0, 0.05) is 11.9 Å². The molecule has 1 N–H and O–H groups in total. The number of nitriles is 1. The van der Waals surface area contributed by atoms with Crippen molar-refractivity contribution in [1.82, 2.24) is 15.0 Å². The van der Waals surface area contributed by atoms with Crippen LogP contribution in [0.4, 0.5) is 0 Å². The Kier molecular flexibility index (Phi) is 3.34. The van der Waals surface area contributed by atoms with E-state index in [1.54, 1.807) is 6.92 Å². The SMILES string of the molecule is Cc1cc(C#N)nc(Oc2cnccc2C(=O)O)n1. The van der Waals surface area contributed by atoms with Gasteiger partial charge >= 0.3 is 12.0 Å². The van der Waals surface area contributed by atoms with Crippen molar-refractivity contribution in [2.75, 3.05) is 0 Å². The van der Waals surface area contributed by atoms with Gasteiger partial charge < -0.3 is 9.84 Å². The van der Waals surface area contributed by atoms with Crippen LogP contribution in [-0.2, 0) is 0 Å². The molecule has 0 atom stereocenters. The number of aromatic nitrogens is 3. The highest BCUT2D eigenvalue weighted by molar-refractivity contribution is 5.90. The van der Waals surface area contributed by atoms with Crippen molar-refractivity contribution in [2.24, 2.45) is 0 Å². The van der Waals surface area contributed by atoms with Gasteiger partial charge in [0.1, 0.15) is 17.3 Å². The molecule has 0 aliphatic heterocycles. The largest absolute Gasteiger partial charge is 0.478 e. The van der Waals surface area contributed by atoms with Crippen LogP contribution in [0, 0.1) is 18.3 Å². The molecule has 0 bridgehead atoms. The summed E-state index contributed by atoms with van der Waals surface area (Å²) in [5, 5.41) is 17.8. The maximum absolute atomic E-state index is 11.0. The first-order chi connectivity index (χ1) is 9.10. The van der Waals surface area contributed by atoms with Gasteiger partial charge in [-0.1, -0.05) is 0 Å². The summed E-state index contributed by atoms with van der Waals surface area (Å²) in [5.41, 5.74) is 0.629. The molecule has 2 heterocycles. The zero-order chi connectivity index (χ0) is 13.8. The standard InChI is InChI=1S/C12H8N4O3/c1-7-4-8(5-13)16-12(15-7)19-10-6-14-3-2-9(10)11(17)18/h2-4,6H,1H3,(H,17,18). The lowest BCUT2D eigenvalue weighted by atomic mass is 10.2. The van der Waals surface area contributed by atoms with E-state index < -0.39 is 5.97 Å². The summed E-state index contributed by atoms with van der Waals surface area (Å²) in [5.74, 6) is -1.13. The number of hydrogen-bond acceptors (Lipinski definition) is 6. The van der Waals surface area contributed by atoms with Crippen LogP contribution in [0.3, 0.4) is 0 Å². The van der Waals surface area contributed by atoms with Crippen LogP contribution in [0.5, 0.6) is 11.8 Å². The third-order valence-corrected chi connectivity index (χ3v) is 2.16. The van der Waals surface area contributed by atoms with E-state index in [1.165, 1.54) is 24.5 Å². The first-order valence-corrected chi connectivity index (χ1v) is 5.21. The van der Waals surface area contributed by atoms with Crippen molar-refractivity contribution in [1.29, 1.82) is 5.26 Å². The fourth-order valence-electron chi connectivity index (χ4n) is 1.38. The molecule has 0 unspecified atom stereocenters. The van der Waals surface area contributed by atoms with Gasteiger partial charge in [-0.3, -0.25) is 4.98 Å². The molecule has 0 aromatic carbocycles. The molecule has 0 spiro atoms. The Morgan fingerprint density at radius 2 is 2.26 bits per heavy atom. The third-order valence-electron chi connectivity index (χ3n) is 2.16. The zero-order valence-corrected chi connectivity index (χ0v) is 9.86. The monoisotopic (exact) mass is 256 g/mol.